The molecule has 0 spiro atoms. The van der Waals surface area contributed by atoms with Gasteiger partial charge in [0, 0.05) is 19.2 Å². The Morgan fingerprint density at radius 3 is 2.43 bits per heavy atom. The number of hydrogen-bond acceptors (Lipinski definition) is 3. The van der Waals surface area contributed by atoms with Gasteiger partial charge in [0.25, 0.3) is 0 Å². The summed E-state index contributed by atoms with van der Waals surface area (Å²) in [5, 5.41) is 3.56. The van der Waals surface area contributed by atoms with Crippen LogP contribution in [-0.4, -0.2) is 25.9 Å². The van der Waals surface area contributed by atoms with E-state index in [0.717, 1.165) is 31.4 Å². The van der Waals surface area contributed by atoms with Crippen molar-refractivity contribution >= 4 is 0 Å². The van der Waals surface area contributed by atoms with E-state index in [4.69, 9.17) is 9.47 Å². The summed E-state index contributed by atoms with van der Waals surface area (Å²) in [7, 11) is 0. The zero-order valence-electron chi connectivity index (χ0n) is 13.7. The smallest absolute Gasteiger partial charge is 0.125 e. The van der Waals surface area contributed by atoms with Gasteiger partial charge in [0.15, 0.2) is 0 Å². The van der Waals surface area contributed by atoms with E-state index in [9.17, 15) is 0 Å². The van der Waals surface area contributed by atoms with Gasteiger partial charge in [-0.15, -0.1) is 0 Å². The van der Waals surface area contributed by atoms with Gasteiger partial charge in [0.05, 0.1) is 6.61 Å². The summed E-state index contributed by atoms with van der Waals surface area (Å²) < 4.78 is 11.4. The molecule has 0 atom stereocenters. The van der Waals surface area contributed by atoms with Crippen molar-refractivity contribution in [3.05, 3.63) is 28.8 Å². The molecule has 0 aromatic heterocycles. The molecule has 1 aliphatic carbocycles. The Morgan fingerprint density at radius 1 is 1.10 bits per heavy atom. The minimum Gasteiger partial charge on any atom is -0.491 e. The molecule has 0 radical (unpaired) electrons. The van der Waals surface area contributed by atoms with Gasteiger partial charge >= 0.3 is 0 Å². The molecule has 0 unspecified atom stereocenters. The maximum absolute atomic E-state index is 5.90. The van der Waals surface area contributed by atoms with Gasteiger partial charge < -0.3 is 14.8 Å². The Morgan fingerprint density at radius 2 is 1.81 bits per heavy atom. The molecule has 1 saturated carbocycles. The van der Waals surface area contributed by atoms with Crippen LogP contribution in [0.15, 0.2) is 12.1 Å². The first-order valence-electron chi connectivity index (χ1n) is 8.24. The van der Waals surface area contributed by atoms with Gasteiger partial charge in [0.2, 0.25) is 0 Å². The molecule has 0 amide bonds. The predicted octanol–water partition coefficient (Wildman–Crippen LogP) is 3.75. The van der Waals surface area contributed by atoms with Gasteiger partial charge in [-0.2, -0.15) is 0 Å². The number of hydrogen-bond donors (Lipinski definition) is 1. The molecule has 1 aliphatic rings. The minimum absolute atomic E-state index is 0.630. The SMILES string of the molecule is CCCCOCCOc1c(C)cc(CNC2CC2)cc1C. The molecular weight excluding hydrogens is 262 g/mol. The fraction of sp³-hybridized carbons (Fsp3) is 0.667. The normalized spacial score (nSPS) is 14.4. The largest absolute Gasteiger partial charge is 0.491 e. The van der Waals surface area contributed by atoms with Crippen molar-refractivity contribution in [3.8, 4) is 5.75 Å². The van der Waals surface area contributed by atoms with Crippen LogP contribution in [-0.2, 0) is 11.3 Å². The van der Waals surface area contributed by atoms with Crippen LogP contribution in [0.25, 0.3) is 0 Å². The highest BCUT2D eigenvalue weighted by Crippen LogP contribution is 2.26. The van der Waals surface area contributed by atoms with Crippen LogP contribution >= 0.6 is 0 Å². The third-order valence-corrected chi connectivity index (χ3v) is 3.81. The summed E-state index contributed by atoms with van der Waals surface area (Å²) in [5.41, 5.74) is 3.79. The van der Waals surface area contributed by atoms with Crippen molar-refractivity contribution in [2.24, 2.45) is 0 Å². The molecule has 1 aromatic rings. The fourth-order valence-electron chi connectivity index (χ4n) is 2.47. The van der Waals surface area contributed by atoms with Crippen LogP contribution < -0.4 is 10.1 Å². The number of benzene rings is 1. The lowest BCUT2D eigenvalue weighted by Crippen LogP contribution is -2.15. The molecule has 0 aliphatic heterocycles. The summed E-state index contributed by atoms with van der Waals surface area (Å²) >= 11 is 0. The summed E-state index contributed by atoms with van der Waals surface area (Å²) in [6.07, 6.45) is 4.96. The molecule has 21 heavy (non-hydrogen) atoms. The van der Waals surface area contributed by atoms with Crippen molar-refractivity contribution < 1.29 is 9.47 Å². The third kappa shape index (κ3) is 5.68. The molecule has 3 heteroatoms. The number of unbranched alkanes of at least 4 members (excludes halogenated alkanes) is 1. The Bertz CT molecular complexity index is 418. The highest BCUT2D eigenvalue weighted by Gasteiger charge is 2.20. The molecule has 0 bridgehead atoms. The molecule has 3 nitrogen and oxygen atoms in total. The average Bonchev–Trinajstić information content (AvgIpc) is 3.27. The Hall–Kier alpha value is -1.06. The number of aryl methyl sites for hydroxylation is 2. The van der Waals surface area contributed by atoms with Crippen LogP contribution in [0.4, 0.5) is 0 Å². The second-order valence-corrected chi connectivity index (χ2v) is 6.03. The third-order valence-electron chi connectivity index (χ3n) is 3.81. The van der Waals surface area contributed by atoms with Crippen LogP contribution in [0.5, 0.6) is 5.75 Å². The van der Waals surface area contributed by atoms with E-state index in [0.29, 0.717) is 13.2 Å². The van der Waals surface area contributed by atoms with Gasteiger partial charge in [0.1, 0.15) is 12.4 Å². The minimum atomic E-state index is 0.630. The molecule has 0 heterocycles. The lowest BCUT2D eigenvalue weighted by atomic mass is 10.1. The quantitative estimate of drug-likeness (QED) is 0.666. The van der Waals surface area contributed by atoms with Crippen molar-refractivity contribution in [1.29, 1.82) is 0 Å². The van der Waals surface area contributed by atoms with E-state index in [-0.39, 0.29) is 0 Å². The van der Waals surface area contributed by atoms with Crippen molar-refractivity contribution in [3.63, 3.8) is 0 Å². The summed E-state index contributed by atoms with van der Waals surface area (Å²) in [6.45, 7) is 9.53. The molecular formula is C18H29NO2. The summed E-state index contributed by atoms with van der Waals surface area (Å²) in [4.78, 5) is 0. The topological polar surface area (TPSA) is 30.5 Å². The van der Waals surface area contributed by atoms with E-state index in [1.54, 1.807) is 0 Å². The number of rotatable bonds is 10. The fourth-order valence-corrected chi connectivity index (χ4v) is 2.47. The van der Waals surface area contributed by atoms with E-state index in [2.05, 4.69) is 38.2 Å². The van der Waals surface area contributed by atoms with E-state index in [1.165, 1.54) is 36.0 Å². The van der Waals surface area contributed by atoms with Gasteiger partial charge in [-0.1, -0.05) is 25.5 Å². The maximum atomic E-state index is 5.90. The van der Waals surface area contributed by atoms with Crippen LogP contribution in [0, 0.1) is 13.8 Å². The Kier molecular flexibility index (Phi) is 6.52. The van der Waals surface area contributed by atoms with E-state index >= 15 is 0 Å². The van der Waals surface area contributed by atoms with Crippen LogP contribution in [0.1, 0.15) is 49.3 Å². The molecule has 1 N–H and O–H groups in total. The van der Waals surface area contributed by atoms with Crippen LogP contribution in [0.2, 0.25) is 0 Å². The van der Waals surface area contributed by atoms with Crippen molar-refractivity contribution in [2.75, 3.05) is 19.8 Å². The first-order valence-corrected chi connectivity index (χ1v) is 8.24. The van der Waals surface area contributed by atoms with Crippen molar-refractivity contribution in [2.45, 2.75) is 59.0 Å². The lowest BCUT2D eigenvalue weighted by Gasteiger charge is -2.14. The number of nitrogens with one attached hydrogen (secondary N) is 1. The Balaban J connectivity index is 1.78. The second kappa shape index (κ2) is 8.40. The average molecular weight is 291 g/mol. The highest BCUT2D eigenvalue weighted by molar-refractivity contribution is 5.43. The zero-order chi connectivity index (χ0) is 15.1. The van der Waals surface area contributed by atoms with Crippen LogP contribution in [0.3, 0.4) is 0 Å². The van der Waals surface area contributed by atoms with E-state index < -0.39 is 0 Å². The standard InChI is InChI=1S/C18H29NO2/c1-4-5-8-20-9-10-21-18-14(2)11-16(12-15(18)3)13-19-17-6-7-17/h11-12,17,19H,4-10,13H2,1-3H3. The molecule has 1 aromatic carbocycles. The number of ether oxygens (including phenoxy) is 2. The first-order chi connectivity index (χ1) is 10.2. The molecule has 2 rings (SSSR count). The van der Waals surface area contributed by atoms with Gasteiger partial charge in [-0.05, 0) is 49.8 Å². The van der Waals surface area contributed by atoms with E-state index in [1.807, 2.05) is 0 Å². The molecule has 118 valence electrons. The van der Waals surface area contributed by atoms with Gasteiger partial charge in [-0.3, -0.25) is 0 Å². The lowest BCUT2D eigenvalue weighted by molar-refractivity contribution is 0.0976. The first kappa shape index (κ1) is 16.3. The summed E-state index contributed by atoms with van der Waals surface area (Å²) in [5.74, 6) is 1.02. The predicted molar refractivity (Wildman–Crippen MR) is 87.0 cm³/mol. The van der Waals surface area contributed by atoms with Gasteiger partial charge in [-0.25, -0.2) is 0 Å². The summed E-state index contributed by atoms with van der Waals surface area (Å²) in [6, 6.07) is 5.22. The zero-order valence-corrected chi connectivity index (χ0v) is 13.7. The molecule has 1 fully saturated rings. The maximum Gasteiger partial charge on any atom is 0.125 e. The monoisotopic (exact) mass is 291 g/mol. The Labute approximate surface area is 129 Å². The second-order valence-electron chi connectivity index (χ2n) is 6.03. The highest BCUT2D eigenvalue weighted by atomic mass is 16.5. The molecule has 0 saturated heterocycles. The van der Waals surface area contributed by atoms with Crippen molar-refractivity contribution in [1.82, 2.24) is 5.32 Å².